The summed E-state index contributed by atoms with van der Waals surface area (Å²) >= 11 is 6.20. The lowest BCUT2D eigenvalue weighted by Crippen LogP contribution is -2.36. The van der Waals surface area contributed by atoms with Gasteiger partial charge in [0.1, 0.15) is 0 Å². The number of rotatable bonds is 3. The van der Waals surface area contributed by atoms with Crippen molar-refractivity contribution in [3.63, 3.8) is 0 Å². The minimum atomic E-state index is -0.250. The topological polar surface area (TPSA) is 67.6 Å². The van der Waals surface area contributed by atoms with Crippen LogP contribution in [0.3, 0.4) is 0 Å². The van der Waals surface area contributed by atoms with E-state index in [2.05, 4.69) is 10.2 Å². The number of ether oxygens (including phenoxy) is 1. The van der Waals surface area contributed by atoms with E-state index in [1.807, 2.05) is 25.1 Å². The summed E-state index contributed by atoms with van der Waals surface area (Å²) in [7, 11) is 0. The van der Waals surface area contributed by atoms with Gasteiger partial charge in [0.05, 0.1) is 35.2 Å². The molecule has 0 atom stereocenters. The van der Waals surface area contributed by atoms with Crippen LogP contribution in [0.2, 0.25) is 5.02 Å². The van der Waals surface area contributed by atoms with Gasteiger partial charge in [-0.1, -0.05) is 17.7 Å². The third-order valence-corrected chi connectivity index (χ3v) is 4.30. The zero-order valence-corrected chi connectivity index (χ0v) is 14.3. The van der Waals surface area contributed by atoms with E-state index < -0.39 is 0 Å². The molecule has 2 aromatic rings. The maximum absolute atomic E-state index is 12.6. The molecule has 1 fully saturated rings. The Morgan fingerprint density at radius 3 is 2.67 bits per heavy atom. The Balaban J connectivity index is 1.88. The van der Waals surface area contributed by atoms with Gasteiger partial charge in [-0.15, -0.1) is 0 Å². The summed E-state index contributed by atoms with van der Waals surface area (Å²) in [6.45, 7) is 4.82. The highest BCUT2D eigenvalue weighted by atomic mass is 35.5. The highest BCUT2D eigenvalue weighted by molar-refractivity contribution is 6.34. The van der Waals surface area contributed by atoms with E-state index >= 15 is 0 Å². The fourth-order valence-corrected chi connectivity index (χ4v) is 3.05. The van der Waals surface area contributed by atoms with Crippen molar-refractivity contribution in [1.29, 1.82) is 0 Å². The number of nitrogens with two attached hydrogens (primary N) is 1. The first kappa shape index (κ1) is 16.6. The van der Waals surface area contributed by atoms with E-state index in [1.54, 1.807) is 18.2 Å². The van der Waals surface area contributed by atoms with Crippen LogP contribution in [0.1, 0.15) is 15.9 Å². The van der Waals surface area contributed by atoms with Crippen LogP contribution >= 0.6 is 11.6 Å². The largest absolute Gasteiger partial charge is 0.399 e. The van der Waals surface area contributed by atoms with Crippen LogP contribution in [0.25, 0.3) is 0 Å². The summed E-state index contributed by atoms with van der Waals surface area (Å²) in [4.78, 5) is 14.8. The molecular weight excluding hydrogens is 326 g/mol. The number of hydrogen-bond donors (Lipinski definition) is 2. The Morgan fingerprint density at radius 1 is 1.21 bits per heavy atom. The SMILES string of the molecule is Cc1ccc(C(=O)Nc2cc(N)ccc2N2CCOCC2)c(Cl)c1. The van der Waals surface area contributed by atoms with E-state index in [0.29, 0.717) is 35.2 Å². The molecular formula is C18H20ClN3O2. The number of aryl methyl sites for hydroxylation is 1. The second-order valence-electron chi connectivity index (χ2n) is 5.81. The van der Waals surface area contributed by atoms with Crippen LogP contribution in [0, 0.1) is 6.92 Å². The molecule has 0 spiro atoms. The lowest BCUT2D eigenvalue weighted by atomic mass is 10.1. The summed E-state index contributed by atoms with van der Waals surface area (Å²) in [5.74, 6) is -0.250. The number of nitrogens with zero attached hydrogens (tertiary/aromatic N) is 1. The minimum Gasteiger partial charge on any atom is -0.399 e. The number of carbonyl (C=O) groups is 1. The average molecular weight is 346 g/mol. The summed E-state index contributed by atoms with van der Waals surface area (Å²) in [6, 6.07) is 10.9. The van der Waals surface area contributed by atoms with E-state index in [-0.39, 0.29) is 5.91 Å². The fourth-order valence-electron chi connectivity index (χ4n) is 2.73. The molecule has 3 rings (SSSR count). The molecule has 0 aromatic heterocycles. The molecule has 24 heavy (non-hydrogen) atoms. The number of hydrogen-bond acceptors (Lipinski definition) is 4. The number of benzene rings is 2. The molecule has 3 N–H and O–H groups in total. The van der Waals surface area contributed by atoms with Gasteiger partial charge in [0.2, 0.25) is 0 Å². The molecule has 1 saturated heterocycles. The van der Waals surface area contributed by atoms with E-state index in [0.717, 1.165) is 24.3 Å². The van der Waals surface area contributed by atoms with Gasteiger partial charge in [-0.25, -0.2) is 0 Å². The molecule has 1 amide bonds. The van der Waals surface area contributed by atoms with Crippen molar-refractivity contribution < 1.29 is 9.53 Å². The maximum Gasteiger partial charge on any atom is 0.257 e. The van der Waals surface area contributed by atoms with Gasteiger partial charge in [-0.2, -0.15) is 0 Å². The molecule has 126 valence electrons. The highest BCUT2D eigenvalue weighted by Gasteiger charge is 2.18. The molecule has 1 heterocycles. The minimum absolute atomic E-state index is 0.250. The molecule has 6 heteroatoms. The Bertz CT molecular complexity index is 758. The van der Waals surface area contributed by atoms with Crippen LogP contribution in [0.5, 0.6) is 0 Å². The zero-order chi connectivity index (χ0) is 17.1. The highest BCUT2D eigenvalue weighted by Crippen LogP contribution is 2.30. The Kier molecular flexibility index (Phi) is 4.92. The third-order valence-electron chi connectivity index (χ3n) is 3.99. The second kappa shape index (κ2) is 7.11. The summed E-state index contributed by atoms with van der Waals surface area (Å²) in [5, 5.41) is 3.37. The van der Waals surface area contributed by atoms with Crippen molar-refractivity contribution in [2.75, 3.05) is 42.3 Å². The van der Waals surface area contributed by atoms with Crippen molar-refractivity contribution in [2.45, 2.75) is 6.92 Å². The molecule has 0 bridgehead atoms. The number of halogens is 1. The number of morpholine rings is 1. The van der Waals surface area contributed by atoms with Gasteiger partial charge in [0.25, 0.3) is 5.91 Å². The Labute approximate surface area is 146 Å². The second-order valence-corrected chi connectivity index (χ2v) is 6.22. The van der Waals surface area contributed by atoms with Gasteiger partial charge < -0.3 is 20.7 Å². The van der Waals surface area contributed by atoms with E-state index in [1.165, 1.54) is 0 Å². The molecule has 0 radical (unpaired) electrons. The normalized spacial score (nSPS) is 14.5. The van der Waals surface area contributed by atoms with Crippen LogP contribution in [0.15, 0.2) is 36.4 Å². The number of nitrogen functional groups attached to an aromatic ring is 1. The maximum atomic E-state index is 12.6. The lowest BCUT2D eigenvalue weighted by Gasteiger charge is -2.30. The first-order valence-corrected chi connectivity index (χ1v) is 8.22. The van der Waals surface area contributed by atoms with Gasteiger partial charge in [0.15, 0.2) is 0 Å². The predicted molar refractivity (Wildman–Crippen MR) is 98.0 cm³/mol. The van der Waals surface area contributed by atoms with Gasteiger partial charge in [-0.3, -0.25) is 4.79 Å². The van der Waals surface area contributed by atoms with Gasteiger partial charge >= 0.3 is 0 Å². The van der Waals surface area contributed by atoms with Crippen LogP contribution in [-0.4, -0.2) is 32.2 Å². The van der Waals surface area contributed by atoms with Crippen LogP contribution in [-0.2, 0) is 4.74 Å². The zero-order valence-electron chi connectivity index (χ0n) is 13.5. The van der Waals surface area contributed by atoms with Crippen LogP contribution < -0.4 is 16.0 Å². The fraction of sp³-hybridized carbons (Fsp3) is 0.278. The smallest absolute Gasteiger partial charge is 0.257 e. The van der Waals surface area contributed by atoms with Crippen LogP contribution in [0.4, 0.5) is 17.1 Å². The Hall–Kier alpha value is -2.24. The van der Waals surface area contributed by atoms with Crippen molar-refractivity contribution in [1.82, 2.24) is 0 Å². The summed E-state index contributed by atoms with van der Waals surface area (Å²) < 4.78 is 5.39. The van der Waals surface area contributed by atoms with E-state index in [9.17, 15) is 4.79 Å². The standard InChI is InChI=1S/C18H20ClN3O2/c1-12-2-4-14(15(19)10-12)18(23)21-16-11-13(20)3-5-17(16)22-6-8-24-9-7-22/h2-5,10-11H,6-9,20H2,1H3,(H,21,23). The number of carbonyl (C=O) groups excluding carboxylic acids is 1. The third kappa shape index (κ3) is 3.63. The average Bonchev–Trinajstić information content (AvgIpc) is 2.55. The first-order valence-electron chi connectivity index (χ1n) is 7.84. The molecule has 1 aliphatic rings. The molecule has 2 aromatic carbocycles. The van der Waals surface area contributed by atoms with Gasteiger partial charge in [-0.05, 0) is 42.8 Å². The number of nitrogens with one attached hydrogen (secondary N) is 1. The Morgan fingerprint density at radius 2 is 1.96 bits per heavy atom. The molecule has 0 aliphatic carbocycles. The van der Waals surface area contributed by atoms with Crippen molar-refractivity contribution >= 4 is 34.6 Å². The van der Waals surface area contributed by atoms with E-state index in [4.69, 9.17) is 22.1 Å². The lowest BCUT2D eigenvalue weighted by molar-refractivity contribution is 0.102. The van der Waals surface area contributed by atoms with Crippen molar-refractivity contribution in [2.24, 2.45) is 0 Å². The number of anilines is 3. The molecule has 0 unspecified atom stereocenters. The summed E-state index contributed by atoms with van der Waals surface area (Å²) in [6.07, 6.45) is 0. The van der Waals surface area contributed by atoms with Crippen molar-refractivity contribution in [3.05, 3.63) is 52.5 Å². The van der Waals surface area contributed by atoms with Gasteiger partial charge in [0, 0.05) is 18.8 Å². The summed E-state index contributed by atoms with van der Waals surface area (Å²) in [5.41, 5.74) is 9.56. The number of amides is 1. The first-order chi connectivity index (χ1) is 11.5. The molecule has 1 aliphatic heterocycles. The predicted octanol–water partition coefficient (Wildman–Crippen LogP) is 3.32. The molecule has 0 saturated carbocycles. The molecule has 5 nitrogen and oxygen atoms in total. The quantitative estimate of drug-likeness (QED) is 0.837. The monoisotopic (exact) mass is 345 g/mol. The van der Waals surface area contributed by atoms with Crippen molar-refractivity contribution in [3.8, 4) is 0 Å².